The molecule has 114 valence electrons. The number of ether oxygens (including phenoxy) is 2. The Morgan fingerprint density at radius 2 is 2.29 bits per heavy atom. The smallest absolute Gasteiger partial charge is 0.339 e. The maximum Gasteiger partial charge on any atom is 0.339 e. The van der Waals surface area contributed by atoms with Gasteiger partial charge in [-0.3, -0.25) is 4.79 Å². The van der Waals surface area contributed by atoms with Crippen molar-refractivity contribution in [2.24, 2.45) is 0 Å². The van der Waals surface area contributed by atoms with Gasteiger partial charge in [0.2, 0.25) is 0 Å². The lowest BCUT2D eigenvalue weighted by Crippen LogP contribution is -2.34. The van der Waals surface area contributed by atoms with Crippen molar-refractivity contribution in [2.75, 3.05) is 19.8 Å². The van der Waals surface area contributed by atoms with E-state index in [0.29, 0.717) is 17.6 Å². The van der Waals surface area contributed by atoms with Gasteiger partial charge in [-0.1, -0.05) is 0 Å². The molecule has 1 aromatic rings. The largest absolute Gasteiger partial charge is 0.452 e. The third kappa shape index (κ3) is 4.78. The highest BCUT2D eigenvalue weighted by molar-refractivity contribution is 9.10. The molecule has 1 heterocycles. The molecule has 21 heavy (non-hydrogen) atoms. The van der Waals surface area contributed by atoms with Crippen molar-refractivity contribution >= 4 is 27.8 Å². The summed E-state index contributed by atoms with van der Waals surface area (Å²) in [6.07, 6.45) is 1.93. The van der Waals surface area contributed by atoms with Gasteiger partial charge < -0.3 is 14.8 Å². The highest BCUT2D eigenvalue weighted by atomic mass is 79.9. The zero-order valence-electron chi connectivity index (χ0n) is 11.2. The summed E-state index contributed by atoms with van der Waals surface area (Å²) in [4.78, 5) is 23.3. The zero-order valence-corrected chi connectivity index (χ0v) is 12.8. The van der Waals surface area contributed by atoms with Crippen LogP contribution in [0.15, 0.2) is 22.7 Å². The first-order chi connectivity index (χ1) is 10.1. The molecule has 1 amide bonds. The van der Waals surface area contributed by atoms with Crippen LogP contribution in [0.4, 0.5) is 4.39 Å². The van der Waals surface area contributed by atoms with Crippen LogP contribution in [0.1, 0.15) is 23.2 Å². The Kier molecular flexibility index (Phi) is 5.69. The summed E-state index contributed by atoms with van der Waals surface area (Å²) in [5.74, 6) is -1.71. The SMILES string of the molecule is O=C(COC(=O)c1cc(F)ccc1Br)NC[C@H]1CCCO1. The van der Waals surface area contributed by atoms with E-state index < -0.39 is 24.3 Å². The molecule has 0 aliphatic carbocycles. The normalized spacial score (nSPS) is 17.5. The van der Waals surface area contributed by atoms with Gasteiger partial charge in [-0.25, -0.2) is 9.18 Å². The predicted molar refractivity (Wildman–Crippen MR) is 76.4 cm³/mol. The summed E-state index contributed by atoms with van der Waals surface area (Å²) in [7, 11) is 0. The molecular weight excluding hydrogens is 345 g/mol. The summed E-state index contributed by atoms with van der Waals surface area (Å²) in [5, 5.41) is 2.63. The Hall–Kier alpha value is -1.47. The lowest BCUT2D eigenvalue weighted by Gasteiger charge is -2.11. The van der Waals surface area contributed by atoms with Crippen LogP contribution in [0, 0.1) is 5.82 Å². The molecule has 1 aliphatic heterocycles. The zero-order chi connectivity index (χ0) is 15.2. The number of amides is 1. The second kappa shape index (κ2) is 7.51. The Morgan fingerprint density at radius 1 is 1.48 bits per heavy atom. The van der Waals surface area contributed by atoms with E-state index >= 15 is 0 Å². The van der Waals surface area contributed by atoms with Crippen LogP contribution in [-0.4, -0.2) is 37.7 Å². The Balaban J connectivity index is 1.77. The van der Waals surface area contributed by atoms with E-state index in [1.165, 1.54) is 12.1 Å². The van der Waals surface area contributed by atoms with Crippen molar-refractivity contribution in [1.29, 1.82) is 0 Å². The van der Waals surface area contributed by atoms with E-state index in [-0.39, 0.29) is 11.7 Å². The molecule has 1 fully saturated rings. The maximum absolute atomic E-state index is 13.1. The van der Waals surface area contributed by atoms with Crippen LogP contribution in [-0.2, 0) is 14.3 Å². The number of rotatable bonds is 5. The van der Waals surface area contributed by atoms with Crippen molar-refractivity contribution in [2.45, 2.75) is 18.9 Å². The van der Waals surface area contributed by atoms with Gasteiger partial charge >= 0.3 is 5.97 Å². The van der Waals surface area contributed by atoms with Crippen molar-refractivity contribution in [3.05, 3.63) is 34.1 Å². The summed E-state index contributed by atoms with van der Waals surface area (Å²) < 4.78 is 23.7. The van der Waals surface area contributed by atoms with E-state index in [2.05, 4.69) is 21.2 Å². The number of benzene rings is 1. The lowest BCUT2D eigenvalue weighted by atomic mass is 10.2. The Bertz CT molecular complexity index is 532. The van der Waals surface area contributed by atoms with Crippen molar-refractivity contribution in [3.63, 3.8) is 0 Å². The van der Waals surface area contributed by atoms with Gasteiger partial charge in [-0.2, -0.15) is 0 Å². The quantitative estimate of drug-likeness (QED) is 0.817. The molecular formula is C14H15BrFNO4. The van der Waals surface area contributed by atoms with E-state index in [0.717, 1.165) is 18.9 Å². The third-order valence-electron chi connectivity index (χ3n) is 3.03. The average Bonchev–Trinajstić information content (AvgIpc) is 2.98. The predicted octanol–water partition coefficient (Wildman–Crippen LogP) is 2.04. The minimum absolute atomic E-state index is 0.0296. The number of carbonyl (C=O) groups is 2. The molecule has 0 saturated carbocycles. The number of halogens is 2. The average molecular weight is 360 g/mol. The fraction of sp³-hybridized carbons (Fsp3) is 0.429. The summed E-state index contributed by atoms with van der Waals surface area (Å²) in [5.41, 5.74) is 0.0435. The van der Waals surface area contributed by atoms with Gasteiger partial charge in [0.05, 0.1) is 11.7 Å². The number of nitrogens with one attached hydrogen (secondary N) is 1. The first-order valence-corrected chi connectivity index (χ1v) is 7.36. The van der Waals surface area contributed by atoms with Crippen LogP contribution in [0.25, 0.3) is 0 Å². The number of carbonyl (C=O) groups excluding carboxylic acids is 2. The number of hydrogen-bond acceptors (Lipinski definition) is 4. The summed E-state index contributed by atoms with van der Waals surface area (Å²) in [6.45, 7) is 0.706. The highest BCUT2D eigenvalue weighted by Gasteiger charge is 2.17. The van der Waals surface area contributed by atoms with Crippen LogP contribution in [0.5, 0.6) is 0 Å². The molecule has 0 aromatic heterocycles. The molecule has 0 radical (unpaired) electrons. The van der Waals surface area contributed by atoms with Crippen molar-refractivity contribution in [1.82, 2.24) is 5.32 Å². The van der Waals surface area contributed by atoms with E-state index in [4.69, 9.17) is 9.47 Å². The maximum atomic E-state index is 13.1. The van der Waals surface area contributed by atoms with Crippen LogP contribution in [0.3, 0.4) is 0 Å². The fourth-order valence-corrected chi connectivity index (χ4v) is 2.36. The van der Waals surface area contributed by atoms with E-state index in [9.17, 15) is 14.0 Å². The summed E-state index contributed by atoms with van der Waals surface area (Å²) >= 11 is 3.13. The minimum Gasteiger partial charge on any atom is -0.452 e. The van der Waals surface area contributed by atoms with Crippen LogP contribution < -0.4 is 5.32 Å². The standard InChI is InChI=1S/C14H15BrFNO4/c15-12-4-3-9(16)6-11(12)14(19)21-8-13(18)17-7-10-2-1-5-20-10/h3-4,6,10H,1-2,5,7-8H2,(H,17,18)/t10-/m1/s1. The van der Waals surface area contributed by atoms with Crippen molar-refractivity contribution < 1.29 is 23.5 Å². The summed E-state index contributed by atoms with van der Waals surface area (Å²) in [6, 6.07) is 3.68. The van der Waals surface area contributed by atoms with Crippen LogP contribution in [0.2, 0.25) is 0 Å². The van der Waals surface area contributed by atoms with E-state index in [1.807, 2.05) is 0 Å². The van der Waals surface area contributed by atoms with Gasteiger partial charge in [0.15, 0.2) is 6.61 Å². The fourth-order valence-electron chi connectivity index (χ4n) is 1.95. The molecule has 1 aromatic carbocycles. The molecule has 2 rings (SSSR count). The molecule has 1 N–H and O–H groups in total. The molecule has 0 unspecified atom stereocenters. The minimum atomic E-state index is -0.756. The van der Waals surface area contributed by atoms with Gasteiger partial charge in [-0.15, -0.1) is 0 Å². The topological polar surface area (TPSA) is 64.6 Å². The first-order valence-electron chi connectivity index (χ1n) is 6.57. The molecule has 1 atom stereocenters. The highest BCUT2D eigenvalue weighted by Crippen LogP contribution is 2.18. The molecule has 0 bridgehead atoms. The molecule has 0 spiro atoms. The van der Waals surface area contributed by atoms with Crippen molar-refractivity contribution in [3.8, 4) is 0 Å². The lowest BCUT2D eigenvalue weighted by molar-refractivity contribution is -0.124. The number of hydrogen-bond donors (Lipinski definition) is 1. The number of esters is 1. The monoisotopic (exact) mass is 359 g/mol. The van der Waals surface area contributed by atoms with Gasteiger partial charge in [-0.05, 0) is 47.0 Å². The molecule has 5 nitrogen and oxygen atoms in total. The molecule has 1 aliphatic rings. The Labute approximate surface area is 129 Å². The van der Waals surface area contributed by atoms with Crippen LogP contribution >= 0.6 is 15.9 Å². The Morgan fingerprint density at radius 3 is 3.00 bits per heavy atom. The van der Waals surface area contributed by atoms with Gasteiger partial charge in [0, 0.05) is 17.6 Å². The second-order valence-corrected chi connectivity index (χ2v) is 5.49. The van der Waals surface area contributed by atoms with Gasteiger partial charge in [0.25, 0.3) is 5.91 Å². The molecule has 1 saturated heterocycles. The van der Waals surface area contributed by atoms with Gasteiger partial charge in [0.1, 0.15) is 5.82 Å². The van der Waals surface area contributed by atoms with E-state index in [1.54, 1.807) is 0 Å². The first kappa shape index (κ1) is 15.9. The molecule has 7 heteroatoms. The third-order valence-corrected chi connectivity index (χ3v) is 3.73. The second-order valence-electron chi connectivity index (χ2n) is 4.64.